The molecule has 1 fully saturated rings. The third-order valence-corrected chi connectivity index (χ3v) is 4.89. The molecule has 23 heavy (non-hydrogen) atoms. The molecular weight excluding hydrogens is 351 g/mol. The molecule has 1 aliphatic rings. The van der Waals surface area contributed by atoms with E-state index in [1.54, 1.807) is 18.2 Å². The molecule has 0 spiro atoms. The van der Waals surface area contributed by atoms with Crippen LogP contribution in [0.15, 0.2) is 18.2 Å². The second-order valence-electron chi connectivity index (χ2n) is 7.16. The monoisotopic (exact) mass is 372 g/mol. The lowest BCUT2D eigenvalue weighted by molar-refractivity contribution is 0.0976. The van der Waals surface area contributed by atoms with E-state index in [1.807, 2.05) is 0 Å². The van der Waals surface area contributed by atoms with Crippen LogP contribution in [0.5, 0.6) is 0 Å². The van der Waals surface area contributed by atoms with Crippen LogP contribution in [0.25, 0.3) is 0 Å². The molecule has 6 heteroatoms. The van der Waals surface area contributed by atoms with Crippen molar-refractivity contribution in [1.82, 2.24) is 10.6 Å². The van der Waals surface area contributed by atoms with Gasteiger partial charge in [0.1, 0.15) is 0 Å². The summed E-state index contributed by atoms with van der Waals surface area (Å²) < 4.78 is 0. The Morgan fingerprint density at radius 2 is 2.00 bits per heavy atom. The van der Waals surface area contributed by atoms with E-state index in [2.05, 4.69) is 31.4 Å². The average molecular weight is 373 g/mol. The van der Waals surface area contributed by atoms with Gasteiger partial charge >= 0.3 is 0 Å². The van der Waals surface area contributed by atoms with Crippen LogP contribution in [0.1, 0.15) is 50.4 Å². The summed E-state index contributed by atoms with van der Waals surface area (Å²) in [6, 6.07) is 5.04. The molecule has 1 amide bonds. The SMILES string of the molecule is C[C@@H]1C[C@H](NC(=S)NC(=O)c2ccc(Cl)cc2Cl)CC(C)(C)C1. The van der Waals surface area contributed by atoms with E-state index in [0.29, 0.717) is 26.6 Å². The standard InChI is InChI=1S/C17H22Cl2N2OS/c1-10-6-12(9-17(2,3)8-10)20-16(23)21-15(22)13-5-4-11(18)7-14(13)19/h4-5,7,10,12H,6,8-9H2,1-3H3,(H2,20,21,22,23)/t10-,12+/m1/s1. The van der Waals surface area contributed by atoms with Gasteiger partial charge in [-0.2, -0.15) is 0 Å². The molecule has 2 N–H and O–H groups in total. The summed E-state index contributed by atoms with van der Waals surface area (Å²) in [6.07, 6.45) is 3.31. The van der Waals surface area contributed by atoms with Gasteiger partial charge in [-0.15, -0.1) is 0 Å². The van der Waals surface area contributed by atoms with E-state index in [0.717, 1.165) is 12.8 Å². The van der Waals surface area contributed by atoms with Gasteiger partial charge in [-0.1, -0.05) is 44.0 Å². The Balaban J connectivity index is 1.95. The average Bonchev–Trinajstić information content (AvgIpc) is 2.35. The van der Waals surface area contributed by atoms with Gasteiger partial charge in [-0.25, -0.2) is 0 Å². The van der Waals surface area contributed by atoms with Crippen LogP contribution in [-0.4, -0.2) is 17.1 Å². The summed E-state index contributed by atoms with van der Waals surface area (Å²) in [7, 11) is 0. The topological polar surface area (TPSA) is 41.1 Å². The molecule has 0 unspecified atom stereocenters. The van der Waals surface area contributed by atoms with Crippen LogP contribution in [0, 0.1) is 11.3 Å². The van der Waals surface area contributed by atoms with Crippen LogP contribution >= 0.6 is 35.4 Å². The lowest BCUT2D eigenvalue weighted by Gasteiger charge is -2.39. The van der Waals surface area contributed by atoms with Gasteiger partial charge in [0, 0.05) is 11.1 Å². The third kappa shape index (κ3) is 5.33. The maximum absolute atomic E-state index is 12.3. The Morgan fingerprint density at radius 3 is 2.61 bits per heavy atom. The highest BCUT2D eigenvalue weighted by Crippen LogP contribution is 2.38. The highest BCUT2D eigenvalue weighted by atomic mass is 35.5. The maximum Gasteiger partial charge on any atom is 0.258 e. The number of hydrogen-bond acceptors (Lipinski definition) is 2. The molecule has 0 aromatic heterocycles. The zero-order chi connectivity index (χ0) is 17.2. The third-order valence-electron chi connectivity index (χ3n) is 4.12. The van der Waals surface area contributed by atoms with Crippen molar-refractivity contribution < 1.29 is 4.79 Å². The van der Waals surface area contributed by atoms with Crippen molar-refractivity contribution in [3.63, 3.8) is 0 Å². The summed E-state index contributed by atoms with van der Waals surface area (Å²) in [6.45, 7) is 6.80. The van der Waals surface area contributed by atoms with Crippen LogP contribution in [0.2, 0.25) is 10.0 Å². The zero-order valence-corrected chi connectivity index (χ0v) is 15.9. The first-order chi connectivity index (χ1) is 10.7. The molecule has 2 rings (SSSR count). The largest absolute Gasteiger partial charge is 0.360 e. The molecule has 1 aliphatic carbocycles. The quantitative estimate of drug-likeness (QED) is 0.731. The number of carbonyl (C=O) groups excluding carboxylic acids is 1. The Labute approximate surface area is 153 Å². The number of rotatable bonds is 2. The fourth-order valence-electron chi connectivity index (χ4n) is 3.52. The summed E-state index contributed by atoms with van der Waals surface area (Å²) in [4.78, 5) is 12.3. The second-order valence-corrected chi connectivity index (χ2v) is 8.41. The van der Waals surface area contributed by atoms with Crippen molar-refractivity contribution in [2.75, 3.05) is 0 Å². The molecule has 2 atom stereocenters. The molecule has 1 saturated carbocycles. The lowest BCUT2D eigenvalue weighted by atomic mass is 9.71. The van der Waals surface area contributed by atoms with Gasteiger partial charge in [-0.05, 0) is 61.0 Å². The fourth-order valence-corrected chi connectivity index (χ4v) is 4.28. The molecule has 1 aromatic carbocycles. The van der Waals surface area contributed by atoms with E-state index in [4.69, 9.17) is 35.4 Å². The number of amides is 1. The molecular formula is C17H22Cl2N2OS. The molecule has 0 aliphatic heterocycles. The summed E-state index contributed by atoms with van der Waals surface area (Å²) >= 11 is 17.2. The smallest absolute Gasteiger partial charge is 0.258 e. The van der Waals surface area contributed by atoms with Gasteiger partial charge in [0.15, 0.2) is 5.11 Å². The van der Waals surface area contributed by atoms with Gasteiger partial charge in [-0.3, -0.25) is 10.1 Å². The number of benzene rings is 1. The molecule has 0 radical (unpaired) electrons. The molecule has 0 heterocycles. The predicted molar refractivity (Wildman–Crippen MR) is 100 cm³/mol. The van der Waals surface area contributed by atoms with Crippen molar-refractivity contribution in [3.05, 3.63) is 33.8 Å². The molecule has 0 bridgehead atoms. The van der Waals surface area contributed by atoms with Crippen molar-refractivity contribution in [2.45, 2.75) is 46.1 Å². The van der Waals surface area contributed by atoms with Gasteiger partial charge in [0.2, 0.25) is 0 Å². The first-order valence-electron chi connectivity index (χ1n) is 7.73. The first-order valence-corrected chi connectivity index (χ1v) is 8.89. The number of hydrogen-bond donors (Lipinski definition) is 2. The fraction of sp³-hybridized carbons (Fsp3) is 0.529. The maximum atomic E-state index is 12.3. The van der Waals surface area contributed by atoms with Gasteiger partial charge in [0.05, 0.1) is 10.6 Å². The summed E-state index contributed by atoms with van der Waals surface area (Å²) in [5.41, 5.74) is 0.645. The van der Waals surface area contributed by atoms with E-state index >= 15 is 0 Å². The highest BCUT2D eigenvalue weighted by Gasteiger charge is 2.32. The van der Waals surface area contributed by atoms with Crippen LogP contribution in [-0.2, 0) is 0 Å². The Kier molecular flexibility index (Phi) is 5.93. The summed E-state index contributed by atoms with van der Waals surface area (Å²) in [5, 5.41) is 7.11. The van der Waals surface area contributed by atoms with Crippen molar-refractivity contribution in [2.24, 2.45) is 11.3 Å². The second kappa shape index (κ2) is 7.37. The molecule has 1 aromatic rings. The Hall–Kier alpha value is -0.840. The number of thiocarbonyl (C=S) groups is 1. The van der Waals surface area contributed by atoms with Crippen LogP contribution < -0.4 is 10.6 Å². The minimum absolute atomic E-state index is 0.280. The molecule has 3 nitrogen and oxygen atoms in total. The van der Waals surface area contributed by atoms with Crippen molar-refractivity contribution >= 4 is 46.4 Å². The van der Waals surface area contributed by atoms with Gasteiger partial charge in [0.25, 0.3) is 5.91 Å². The highest BCUT2D eigenvalue weighted by molar-refractivity contribution is 7.80. The predicted octanol–water partition coefficient (Wildman–Crippen LogP) is 4.81. The number of halogens is 2. The summed E-state index contributed by atoms with van der Waals surface area (Å²) in [5.74, 6) is 0.313. The Morgan fingerprint density at radius 1 is 1.30 bits per heavy atom. The first kappa shape index (κ1) is 18.5. The van der Waals surface area contributed by atoms with Crippen molar-refractivity contribution in [3.8, 4) is 0 Å². The van der Waals surface area contributed by atoms with E-state index in [1.165, 1.54) is 6.42 Å². The normalized spacial score (nSPS) is 23.2. The molecule has 0 saturated heterocycles. The van der Waals surface area contributed by atoms with Crippen molar-refractivity contribution in [1.29, 1.82) is 0 Å². The lowest BCUT2D eigenvalue weighted by Crippen LogP contribution is -2.48. The number of nitrogens with one attached hydrogen (secondary N) is 2. The van der Waals surface area contributed by atoms with Gasteiger partial charge < -0.3 is 5.32 Å². The zero-order valence-electron chi connectivity index (χ0n) is 13.6. The van der Waals surface area contributed by atoms with E-state index in [9.17, 15) is 4.79 Å². The van der Waals surface area contributed by atoms with Crippen LogP contribution in [0.3, 0.4) is 0 Å². The molecule has 126 valence electrons. The van der Waals surface area contributed by atoms with E-state index < -0.39 is 0 Å². The number of carbonyl (C=O) groups is 1. The minimum Gasteiger partial charge on any atom is -0.360 e. The minimum atomic E-state index is -0.327. The van der Waals surface area contributed by atoms with Crippen LogP contribution in [0.4, 0.5) is 0 Å². The Bertz CT molecular complexity index is 619. The van der Waals surface area contributed by atoms with E-state index in [-0.39, 0.29) is 17.4 Å².